The number of rotatable bonds is 80. The van der Waals surface area contributed by atoms with Crippen LogP contribution in [0.15, 0.2) is 0 Å². The molecule has 0 radical (unpaired) electrons. The topological polar surface area (TPSA) is 237 Å². The molecule has 19 heteroatoms. The van der Waals surface area contributed by atoms with Gasteiger partial charge < -0.3 is 33.8 Å². The molecule has 0 saturated carbocycles. The molecule has 0 spiro atoms. The van der Waals surface area contributed by atoms with Crippen molar-refractivity contribution in [2.24, 2.45) is 17.8 Å². The van der Waals surface area contributed by atoms with Crippen LogP contribution in [-0.4, -0.2) is 96.7 Å². The Morgan fingerprint density at radius 3 is 0.752 bits per heavy atom. The maximum Gasteiger partial charge on any atom is 0.472 e. The first-order chi connectivity index (χ1) is 48.8. The van der Waals surface area contributed by atoms with Crippen LogP contribution in [0.25, 0.3) is 0 Å². The molecule has 0 saturated heterocycles. The van der Waals surface area contributed by atoms with Gasteiger partial charge in [0, 0.05) is 25.7 Å². The molecule has 600 valence electrons. The second-order valence-corrected chi connectivity index (χ2v) is 33.6. The minimum atomic E-state index is -4.96. The summed E-state index contributed by atoms with van der Waals surface area (Å²) in [6, 6.07) is 0. The Morgan fingerprint density at radius 1 is 0.287 bits per heavy atom. The van der Waals surface area contributed by atoms with E-state index in [-0.39, 0.29) is 25.7 Å². The van der Waals surface area contributed by atoms with Crippen LogP contribution in [0.5, 0.6) is 0 Å². The lowest BCUT2D eigenvalue weighted by molar-refractivity contribution is -0.161. The summed E-state index contributed by atoms with van der Waals surface area (Å²) in [4.78, 5) is 73.1. The average molecular weight is 1480 g/mol. The van der Waals surface area contributed by atoms with Crippen LogP contribution in [0.3, 0.4) is 0 Å². The second kappa shape index (κ2) is 72.3. The van der Waals surface area contributed by atoms with Gasteiger partial charge in [-0.3, -0.25) is 37.3 Å². The van der Waals surface area contributed by atoms with Crippen LogP contribution in [0.2, 0.25) is 0 Å². The Morgan fingerprint density at radius 2 is 0.505 bits per heavy atom. The summed E-state index contributed by atoms with van der Waals surface area (Å²) in [7, 11) is -9.92. The summed E-state index contributed by atoms with van der Waals surface area (Å²) >= 11 is 0. The van der Waals surface area contributed by atoms with Gasteiger partial charge in [0.2, 0.25) is 0 Å². The number of aliphatic hydroxyl groups excluding tert-OH is 1. The van der Waals surface area contributed by atoms with E-state index in [1.165, 1.54) is 238 Å². The zero-order valence-corrected chi connectivity index (χ0v) is 68.2. The third kappa shape index (κ3) is 74.7. The highest BCUT2D eigenvalue weighted by atomic mass is 31.2. The maximum absolute atomic E-state index is 13.1. The first-order valence-corrected chi connectivity index (χ1v) is 45.4. The number of hydrogen-bond donors (Lipinski definition) is 3. The molecule has 0 fully saturated rings. The van der Waals surface area contributed by atoms with Crippen molar-refractivity contribution in [1.29, 1.82) is 0 Å². The van der Waals surface area contributed by atoms with E-state index >= 15 is 0 Å². The Labute approximate surface area is 619 Å². The molecular formula is C82H160O17P2. The summed E-state index contributed by atoms with van der Waals surface area (Å²) in [6.07, 6.45) is 60.9. The van der Waals surface area contributed by atoms with Crippen molar-refractivity contribution in [3.8, 4) is 0 Å². The number of phosphoric ester groups is 2. The van der Waals surface area contributed by atoms with E-state index in [1.54, 1.807) is 0 Å². The molecule has 3 N–H and O–H groups in total. The van der Waals surface area contributed by atoms with E-state index in [0.29, 0.717) is 25.7 Å². The maximum atomic E-state index is 13.1. The minimum Gasteiger partial charge on any atom is -0.462 e. The van der Waals surface area contributed by atoms with Crippen LogP contribution in [0.1, 0.15) is 427 Å². The SMILES string of the molecule is CCCCCCCCCCCCCCCCCCCCC(=O)O[C@H](COC(=O)CCCCCCCCCCCCCCCCC(C)C)COP(=O)(O)OC[C@@H](O)COP(=O)(O)OC[C@@H](COC(=O)CCCCCCCCCCC(C)CC)OC(=O)CCCCCCCCCCCCCC(C)C. The number of ether oxygens (including phenoxy) is 4. The standard InChI is InChI=1S/C82H160O17P2/c1-8-10-11-12-13-14-15-16-17-18-19-20-25-30-35-44-51-58-65-81(86)98-77(69-92-79(84)63-56-49-42-34-29-24-22-21-23-27-32-39-46-53-60-73(3)4)71-96-100(88,89)94-67-76(83)68-95-101(90,91)97-72-78(70-93-80(85)64-57-50-43-38-37-41-48-55-62-75(7)9-2)99-82(87)66-59-52-45-36-31-26-28-33-40-47-54-61-74(5)6/h73-78,83H,8-72H2,1-7H3,(H,88,89)(H,90,91)/t75?,76-,77-,78-/m1/s1. The van der Waals surface area contributed by atoms with E-state index in [4.69, 9.17) is 37.0 Å². The zero-order valence-electron chi connectivity index (χ0n) is 66.4. The van der Waals surface area contributed by atoms with Gasteiger partial charge in [-0.2, -0.15) is 0 Å². The fourth-order valence-electron chi connectivity index (χ4n) is 12.6. The van der Waals surface area contributed by atoms with Crippen LogP contribution in [0.4, 0.5) is 0 Å². The Bertz CT molecular complexity index is 1960. The van der Waals surface area contributed by atoms with Crippen molar-refractivity contribution in [3.63, 3.8) is 0 Å². The van der Waals surface area contributed by atoms with E-state index in [0.717, 1.165) is 108 Å². The monoisotopic (exact) mass is 1480 g/mol. The predicted octanol–water partition coefficient (Wildman–Crippen LogP) is 24.5. The predicted molar refractivity (Wildman–Crippen MR) is 414 cm³/mol. The summed E-state index contributed by atoms with van der Waals surface area (Å²) in [6.45, 7) is 12.0. The van der Waals surface area contributed by atoms with Crippen LogP contribution >= 0.6 is 15.6 Å². The first-order valence-electron chi connectivity index (χ1n) is 42.4. The summed E-state index contributed by atoms with van der Waals surface area (Å²) in [5.41, 5.74) is 0. The number of hydrogen-bond acceptors (Lipinski definition) is 15. The molecule has 17 nitrogen and oxygen atoms in total. The van der Waals surface area contributed by atoms with Gasteiger partial charge in [-0.05, 0) is 43.4 Å². The molecular weight excluding hydrogens is 1320 g/mol. The van der Waals surface area contributed by atoms with E-state index < -0.39 is 97.5 Å². The van der Waals surface area contributed by atoms with E-state index in [1.807, 2.05) is 0 Å². The summed E-state index contributed by atoms with van der Waals surface area (Å²) in [5.74, 6) is 0.233. The van der Waals surface area contributed by atoms with Gasteiger partial charge in [0.15, 0.2) is 12.2 Å². The molecule has 6 atom stereocenters. The Hall–Kier alpha value is -1.94. The van der Waals surface area contributed by atoms with E-state index in [2.05, 4.69) is 48.5 Å². The normalized spacial score (nSPS) is 14.2. The van der Waals surface area contributed by atoms with Crippen molar-refractivity contribution >= 4 is 39.5 Å². The average Bonchev–Trinajstić information content (AvgIpc) is 0.919. The summed E-state index contributed by atoms with van der Waals surface area (Å²) in [5, 5.41) is 10.7. The molecule has 0 aromatic carbocycles. The van der Waals surface area contributed by atoms with Crippen LogP contribution in [0, 0.1) is 17.8 Å². The number of carbonyl (C=O) groups is 4. The number of esters is 4. The van der Waals surface area contributed by atoms with Gasteiger partial charge in [0.05, 0.1) is 26.4 Å². The molecule has 0 aromatic rings. The minimum absolute atomic E-state index is 0.106. The zero-order chi connectivity index (χ0) is 74.4. The van der Waals surface area contributed by atoms with Crippen molar-refractivity contribution < 1.29 is 80.2 Å². The quantitative estimate of drug-likeness (QED) is 0.0222. The molecule has 0 aliphatic carbocycles. The lowest BCUT2D eigenvalue weighted by Crippen LogP contribution is -2.30. The van der Waals surface area contributed by atoms with Gasteiger partial charge in [-0.15, -0.1) is 0 Å². The first kappa shape index (κ1) is 99.1. The molecule has 0 aliphatic rings. The molecule has 0 heterocycles. The van der Waals surface area contributed by atoms with Gasteiger partial charge in [0.25, 0.3) is 0 Å². The largest absolute Gasteiger partial charge is 0.472 e. The van der Waals surface area contributed by atoms with Gasteiger partial charge in [-0.25, -0.2) is 9.13 Å². The highest BCUT2D eigenvalue weighted by molar-refractivity contribution is 7.47. The fraction of sp³-hybridized carbons (Fsp3) is 0.951. The Balaban J connectivity index is 5.27. The van der Waals surface area contributed by atoms with Gasteiger partial charge in [0.1, 0.15) is 19.3 Å². The van der Waals surface area contributed by atoms with Crippen molar-refractivity contribution in [1.82, 2.24) is 0 Å². The Kier molecular flexibility index (Phi) is 70.9. The third-order valence-electron chi connectivity index (χ3n) is 19.5. The van der Waals surface area contributed by atoms with Gasteiger partial charge in [-0.1, -0.05) is 376 Å². The lowest BCUT2D eigenvalue weighted by atomic mass is 9.99. The number of unbranched alkanes of at least 4 members (excludes halogenated alkanes) is 47. The smallest absolute Gasteiger partial charge is 0.462 e. The highest BCUT2D eigenvalue weighted by Crippen LogP contribution is 2.45. The molecule has 0 rings (SSSR count). The second-order valence-electron chi connectivity index (χ2n) is 30.7. The molecule has 101 heavy (non-hydrogen) atoms. The van der Waals surface area contributed by atoms with Crippen molar-refractivity contribution in [2.75, 3.05) is 39.6 Å². The van der Waals surface area contributed by atoms with Gasteiger partial charge >= 0.3 is 39.5 Å². The van der Waals surface area contributed by atoms with Crippen molar-refractivity contribution in [2.45, 2.75) is 446 Å². The third-order valence-corrected chi connectivity index (χ3v) is 21.4. The molecule has 0 amide bonds. The number of aliphatic hydroxyl groups is 1. The number of carbonyl (C=O) groups excluding carboxylic acids is 4. The number of phosphoric acid groups is 2. The molecule has 0 aromatic heterocycles. The lowest BCUT2D eigenvalue weighted by Gasteiger charge is -2.21. The van der Waals surface area contributed by atoms with E-state index in [9.17, 15) is 43.2 Å². The molecule has 0 bridgehead atoms. The van der Waals surface area contributed by atoms with Crippen molar-refractivity contribution in [3.05, 3.63) is 0 Å². The molecule has 0 aliphatic heterocycles. The highest BCUT2D eigenvalue weighted by Gasteiger charge is 2.30. The summed E-state index contributed by atoms with van der Waals surface area (Å²) < 4.78 is 68.8. The fourth-order valence-corrected chi connectivity index (χ4v) is 14.2. The molecule has 3 unspecified atom stereocenters. The van der Waals surface area contributed by atoms with Crippen LogP contribution < -0.4 is 0 Å². The van der Waals surface area contributed by atoms with Crippen LogP contribution in [-0.2, 0) is 65.4 Å².